The molecule has 0 amide bonds. The van der Waals surface area contributed by atoms with Gasteiger partial charge in [0.25, 0.3) is 0 Å². The zero-order valence-corrected chi connectivity index (χ0v) is 16.7. The molecule has 0 saturated carbocycles. The lowest BCUT2D eigenvalue weighted by Gasteiger charge is -2.27. The van der Waals surface area contributed by atoms with Gasteiger partial charge in [0.15, 0.2) is 0 Å². The zero-order valence-electron chi connectivity index (χ0n) is 15.9. The van der Waals surface area contributed by atoms with Crippen LogP contribution in [-0.4, -0.2) is 0 Å². The molecule has 150 valence electrons. The summed E-state index contributed by atoms with van der Waals surface area (Å²) in [7, 11) is 0. The number of ether oxygens (including phenoxy) is 1. The third-order valence-electron chi connectivity index (χ3n) is 5.56. The third-order valence-corrected chi connectivity index (χ3v) is 5.80. The highest BCUT2D eigenvalue weighted by molar-refractivity contribution is 6.30. The van der Waals surface area contributed by atoms with Crippen molar-refractivity contribution in [2.24, 2.45) is 0 Å². The van der Waals surface area contributed by atoms with Crippen LogP contribution in [0.1, 0.15) is 22.6 Å². The normalized spacial score (nSPS) is 13.1. The summed E-state index contributed by atoms with van der Waals surface area (Å²) < 4.78 is 17.5. The topological polar surface area (TPSA) is 69.7 Å². The standard InChI is InChI=1S/C25H13ClO5/c26-14-7-5-6-13(12-14)19-20-22(15-8-1-3-10-17(15)29-24(20)27)31-23-16-9-2-4-11-18(16)30-25(28)21(19)23/h1-12,19H. The molecule has 3 aromatic carbocycles. The number of fused-ring (bicyclic) bond motifs is 6. The minimum atomic E-state index is -0.751. The maximum absolute atomic E-state index is 13.1. The first-order valence-corrected chi connectivity index (χ1v) is 10.0. The Balaban J connectivity index is 1.80. The van der Waals surface area contributed by atoms with Crippen LogP contribution in [-0.2, 0) is 0 Å². The van der Waals surface area contributed by atoms with E-state index in [1.165, 1.54) is 0 Å². The molecule has 0 aliphatic carbocycles. The smallest absolute Gasteiger partial charge is 0.344 e. The molecule has 0 radical (unpaired) electrons. The van der Waals surface area contributed by atoms with E-state index in [4.69, 9.17) is 25.2 Å². The first kappa shape index (κ1) is 18.0. The van der Waals surface area contributed by atoms with Crippen LogP contribution >= 0.6 is 11.6 Å². The molecule has 0 N–H and O–H groups in total. The van der Waals surface area contributed by atoms with Gasteiger partial charge in [-0.05, 0) is 42.0 Å². The van der Waals surface area contributed by atoms with E-state index < -0.39 is 17.2 Å². The van der Waals surface area contributed by atoms with Gasteiger partial charge < -0.3 is 13.6 Å². The Morgan fingerprint density at radius 1 is 0.677 bits per heavy atom. The first-order valence-electron chi connectivity index (χ1n) is 9.66. The Morgan fingerprint density at radius 2 is 1.23 bits per heavy atom. The van der Waals surface area contributed by atoms with Crippen molar-refractivity contribution < 1.29 is 13.6 Å². The fraction of sp³-hybridized carbons (Fsp3) is 0.0400. The molecule has 1 aliphatic heterocycles. The summed E-state index contributed by atoms with van der Waals surface area (Å²) in [4.78, 5) is 26.2. The maximum Gasteiger partial charge on any atom is 0.344 e. The predicted octanol–water partition coefficient (Wildman–Crippen LogP) is 5.84. The summed E-state index contributed by atoms with van der Waals surface area (Å²) in [6.45, 7) is 0. The van der Waals surface area contributed by atoms with Crippen molar-refractivity contribution in [3.63, 3.8) is 0 Å². The lowest BCUT2D eigenvalue weighted by Crippen LogP contribution is -2.26. The summed E-state index contributed by atoms with van der Waals surface area (Å²) >= 11 is 6.25. The summed E-state index contributed by atoms with van der Waals surface area (Å²) in [5.41, 5.74) is 0.836. The highest BCUT2D eigenvalue weighted by Crippen LogP contribution is 2.49. The van der Waals surface area contributed by atoms with E-state index in [1.54, 1.807) is 42.5 Å². The molecule has 0 saturated heterocycles. The summed E-state index contributed by atoms with van der Waals surface area (Å²) in [5.74, 6) is -0.000630. The minimum Gasteiger partial charge on any atom is -0.455 e. The molecule has 2 aromatic heterocycles. The van der Waals surface area contributed by atoms with Gasteiger partial charge in [0.05, 0.1) is 27.8 Å². The Labute approximate surface area is 180 Å². The number of rotatable bonds is 1. The molecule has 0 atom stereocenters. The van der Waals surface area contributed by atoms with E-state index in [2.05, 4.69) is 0 Å². The molecular weight excluding hydrogens is 416 g/mol. The van der Waals surface area contributed by atoms with Crippen molar-refractivity contribution in [2.45, 2.75) is 5.92 Å². The number of para-hydroxylation sites is 2. The Kier molecular flexibility index (Phi) is 3.82. The van der Waals surface area contributed by atoms with Crippen LogP contribution < -0.4 is 16.0 Å². The largest absolute Gasteiger partial charge is 0.455 e. The van der Waals surface area contributed by atoms with Gasteiger partial charge in [-0.1, -0.05) is 48.0 Å². The predicted molar refractivity (Wildman–Crippen MR) is 117 cm³/mol. The number of hydrogen-bond acceptors (Lipinski definition) is 5. The maximum atomic E-state index is 13.1. The van der Waals surface area contributed by atoms with Crippen molar-refractivity contribution in [3.8, 4) is 11.5 Å². The van der Waals surface area contributed by atoms with Crippen LogP contribution in [0.25, 0.3) is 21.9 Å². The fourth-order valence-corrected chi connectivity index (χ4v) is 4.45. The monoisotopic (exact) mass is 428 g/mol. The Morgan fingerprint density at radius 3 is 1.77 bits per heavy atom. The van der Waals surface area contributed by atoms with Crippen LogP contribution in [0.2, 0.25) is 5.02 Å². The van der Waals surface area contributed by atoms with Gasteiger partial charge >= 0.3 is 11.3 Å². The van der Waals surface area contributed by atoms with Crippen molar-refractivity contribution >= 4 is 33.5 Å². The molecule has 5 nitrogen and oxygen atoms in total. The van der Waals surface area contributed by atoms with Gasteiger partial charge in [-0.15, -0.1) is 0 Å². The Hall–Kier alpha value is -3.83. The van der Waals surface area contributed by atoms with E-state index >= 15 is 0 Å². The average Bonchev–Trinajstić information content (AvgIpc) is 2.78. The van der Waals surface area contributed by atoms with Crippen molar-refractivity contribution in [1.29, 1.82) is 0 Å². The minimum absolute atomic E-state index is 0.246. The molecule has 0 spiro atoms. The van der Waals surface area contributed by atoms with Gasteiger partial charge in [0, 0.05) is 5.02 Å². The molecule has 6 rings (SSSR count). The number of benzene rings is 3. The lowest BCUT2D eigenvalue weighted by atomic mass is 9.83. The van der Waals surface area contributed by atoms with E-state index in [-0.39, 0.29) is 11.1 Å². The second-order valence-electron chi connectivity index (χ2n) is 7.35. The summed E-state index contributed by atoms with van der Waals surface area (Å²) in [5, 5.41) is 1.78. The number of halogens is 1. The average molecular weight is 429 g/mol. The van der Waals surface area contributed by atoms with Crippen molar-refractivity contribution in [3.05, 3.63) is 115 Å². The quantitative estimate of drug-likeness (QED) is 0.308. The molecule has 0 bridgehead atoms. The fourth-order valence-electron chi connectivity index (χ4n) is 4.26. The molecular formula is C25H13ClO5. The molecule has 0 fully saturated rings. The van der Waals surface area contributed by atoms with Crippen molar-refractivity contribution in [2.75, 3.05) is 0 Å². The number of hydrogen-bond donors (Lipinski definition) is 0. The zero-order chi connectivity index (χ0) is 21.1. The Bertz CT molecular complexity index is 1530. The van der Waals surface area contributed by atoms with Gasteiger partial charge in [0.1, 0.15) is 22.7 Å². The molecule has 5 aromatic rings. The van der Waals surface area contributed by atoms with E-state index in [0.717, 1.165) is 0 Å². The van der Waals surface area contributed by atoms with Crippen LogP contribution in [0.3, 0.4) is 0 Å². The van der Waals surface area contributed by atoms with E-state index in [9.17, 15) is 9.59 Å². The summed E-state index contributed by atoms with van der Waals surface area (Å²) in [6.07, 6.45) is 0. The van der Waals surface area contributed by atoms with Crippen LogP contribution in [0, 0.1) is 0 Å². The third kappa shape index (κ3) is 2.64. The highest BCUT2D eigenvalue weighted by atomic mass is 35.5. The van der Waals surface area contributed by atoms with Crippen LogP contribution in [0.5, 0.6) is 11.5 Å². The molecule has 6 heteroatoms. The van der Waals surface area contributed by atoms with Gasteiger partial charge in [-0.3, -0.25) is 0 Å². The molecule has 3 heterocycles. The highest BCUT2D eigenvalue weighted by Gasteiger charge is 2.38. The van der Waals surface area contributed by atoms with Gasteiger partial charge in [-0.25, -0.2) is 9.59 Å². The molecule has 1 aliphatic rings. The van der Waals surface area contributed by atoms with Crippen LogP contribution in [0.4, 0.5) is 0 Å². The van der Waals surface area contributed by atoms with Crippen molar-refractivity contribution in [1.82, 2.24) is 0 Å². The van der Waals surface area contributed by atoms with E-state index in [1.807, 2.05) is 30.3 Å². The molecule has 0 unspecified atom stereocenters. The first-order chi connectivity index (χ1) is 15.1. The molecule has 31 heavy (non-hydrogen) atoms. The second-order valence-corrected chi connectivity index (χ2v) is 7.78. The lowest BCUT2D eigenvalue weighted by molar-refractivity contribution is 0.429. The van der Waals surface area contributed by atoms with Gasteiger partial charge in [0.2, 0.25) is 0 Å². The van der Waals surface area contributed by atoms with E-state index in [0.29, 0.717) is 44.0 Å². The van der Waals surface area contributed by atoms with Crippen LogP contribution in [0.15, 0.2) is 91.2 Å². The SMILES string of the molecule is O=c1oc2ccccc2c2c1C(c1cccc(Cl)c1)c1c(c3ccccc3oc1=O)O2. The summed E-state index contributed by atoms with van der Waals surface area (Å²) in [6, 6.07) is 21.4. The van der Waals surface area contributed by atoms with Gasteiger partial charge in [-0.2, -0.15) is 0 Å². The second kappa shape index (κ2) is 6.59.